The van der Waals surface area contributed by atoms with Gasteiger partial charge in [0.15, 0.2) is 10.8 Å². The molecule has 2 aliphatic rings. The lowest BCUT2D eigenvalue weighted by Gasteiger charge is -2.50. The predicted molar refractivity (Wildman–Crippen MR) is 164 cm³/mol. The quantitative estimate of drug-likeness (QED) is 0.0515. The van der Waals surface area contributed by atoms with Crippen LogP contribution in [0.4, 0.5) is 5.13 Å². The molecule has 2 fully saturated rings. The standard InChI is InChI=1S/C26H34N8O10S2/c1-13-18(31-25(28)45-13)19(22(35)32-20-23(36)34(26(20,2)3)44-46(39,40)41)33-43-17(24(37)38)12-42-16-8-6-14(7-9-16)21(27)30-15-5-4-10-29-11-15/h6-9,15,17,20,29H,4-5,10-12H2,1-3H3,(H2,27,30)(H2,28,31)(H,32,35)(H,37,38)(H,39,40,41)/b33-19-/t15?,17-,20+/m0/s1. The number of aliphatic imine (C=N–C) groups is 1. The molecule has 0 bridgehead atoms. The fraction of sp³-hybridized carbons (Fsp3) is 0.462. The van der Waals surface area contributed by atoms with Crippen LogP contribution in [0.2, 0.25) is 0 Å². The van der Waals surface area contributed by atoms with Crippen molar-refractivity contribution >= 4 is 56.2 Å². The van der Waals surface area contributed by atoms with Crippen LogP contribution in [0, 0.1) is 6.92 Å². The van der Waals surface area contributed by atoms with E-state index < -0.39 is 58.2 Å². The molecular formula is C26H34N8O10S2. The van der Waals surface area contributed by atoms with Gasteiger partial charge in [0.05, 0.1) is 11.6 Å². The number of amides is 2. The van der Waals surface area contributed by atoms with Crippen molar-refractivity contribution in [1.29, 1.82) is 0 Å². The van der Waals surface area contributed by atoms with Gasteiger partial charge in [0.1, 0.15) is 29.9 Å². The number of nitrogens with two attached hydrogens (primary N) is 2. The number of nitrogens with zero attached hydrogens (tertiary/aromatic N) is 4. The lowest BCUT2D eigenvalue weighted by atomic mass is 9.84. The molecular weight excluding hydrogens is 648 g/mol. The third-order valence-corrected chi connectivity index (χ3v) is 8.20. The first-order chi connectivity index (χ1) is 21.6. The summed E-state index contributed by atoms with van der Waals surface area (Å²) in [6.07, 6.45) is 0.263. The Morgan fingerprint density at radius 1 is 1.30 bits per heavy atom. The van der Waals surface area contributed by atoms with Gasteiger partial charge >= 0.3 is 16.4 Å². The number of carbonyl (C=O) groups excluding carboxylic acids is 2. The molecule has 2 aromatic rings. The fourth-order valence-corrected chi connectivity index (χ4v) is 5.76. The van der Waals surface area contributed by atoms with E-state index in [2.05, 4.69) is 30.0 Å². The highest BCUT2D eigenvalue weighted by atomic mass is 32.3. The summed E-state index contributed by atoms with van der Waals surface area (Å²) in [7, 11) is -5.02. The van der Waals surface area contributed by atoms with Crippen LogP contribution in [-0.2, 0) is 33.9 Å². The maximum Gasteiger partial charge on any atom is 0.418 e. The van der Waals surface area contributed by atoms with Crippen LogP contribution in [0.5, 0.6) is 5.75 Å². The van der Waals surface area contributed by atoms with E-state index in [1.54, 1.807) is 31.2 Å². The molecule has 3 heterocycles. The number of hydroxylamine groups is 2. The van der Waals surface area contributed by atoms with Gasteiger partial charge < -0.3 is 36.8 Å². The molecule has 3 atom stereocenters. The molecule has 1 unspecified atom stereocenters. The fourth-order valence-electron chi connectivity index (χ4n) is 4.62. The number of anilines is 1. The molecule has 0 saturated carbocycles. The number of amidine groups is 1. The topological polar surface area (TPSA) is 270 Å². The number of aliphatic carboxylic acids is 1. The molecule has 0 spiro atoms. The second kappa shape index (κ2) is 14.0. The Morgan fingerprint density at radius 2 is 2.00 bits per heavy atom. The largest absolute Gasteiger partial charge is 0.489 e. The zero-order valence-corrected chi connectivity index (χ0v) is 26.6. The summed E-state index contributed by atoms with van der Waals surface area (Å²) in [5, 5.41) is 19.6. The van der Waals surface area contributed by atoms with Crippen LogP contribution in [0.3, 0.4) is 0 Å². The Morgan fingerprint density at radius 3 is 2.54 bits per heavy atom. The van der Waals surface area contributed by atoms with Crippen molar-refractivity contribution in [2.45, 2.75) is 57.3 Å². The van der Waals surface area contributed by atoms with E-state index in [1.165, 1.54) is 13.8 Å². The van der Waals surface area contributed by atoms with Gasteiger partial charge in [-0.25, -0.2) is 9.78 Å². The molecule has 1 aromatic heterocycles. The van der Waals surface area contributed by atoms with E-state index in [1.807, 2.05) is 0 Å². The lowest BCUT2D eigenvalue weighted by molar-refractivity contribution is -0.218. The van der Waals surface area contributed by atoms with E-state index in [-0.39, 0.29) is 16.9 Å². The number of carboxylic acids is 1. The average molecular weight is 683 g/mol. The summed E-state index contributed by atoms with van der Waals surface area (Å²) in [6.45, 7) is 5.50. The number of hydrogen-bond donors (Lipinski definition) is 6. The monoisotopic (exact) mass is 682 g/mol. The number of thiazole rings is 1. The molecule has 4 rings (SSSR count). The number of ether oxygens (including phenoxy) is 1. The molecule has 8 N–H and O–H groups in total. The molecule has 46 heavy (non-hydrogen) atoms. The molecule has 0 radical (unpaired) electrons. The van der Waals surface area contributed by atoms with Crippen LogP contribution in [-0.4, -0.2) is 101 Å². The normalized spacial score (nSPS) is 20.9. The van der Waals surface area contributed by atoms with E-state index in [4.69, 9.17) is 25.6 Å². The number of carbonyl (C=O) groups is 3. The molecule has 18 nitrogen and oxygen atoms in total. The maximum atomic E-state index is 13.3. The van der Waals surface area contributed by atoms with Crippen molar-refractivity contribution in [2.24, 2.45) is 15.9 Å². The van der Waals surface area contributed by atoms with Gasteiger partial charge in [-0.3, -0.25) is 19.1 Å². The van der Waals surface area contributed by atoms with Gasteiger partial charge in [-0.1, -0.05) is 5.16 Å². The molecule has 2 saturated heterocycles. The average Bonchev–Trinajstić information content (AvgIpc) is 3.33. The van der Waals surface area contributed by atoms with E-state index in [9.17, 15) is 27.9 Å². The lowest BCUT2D eigenvalue weighted by Crippen LogP contribution is -2.76. The molecule has 2 amide bonds. The highest BCUT2D eigenvalue weighted by Crippen LogP contribution is 2.33. The number of piperidine rings is 1. The van der Waals surface area contributed by atoms with Crippen molar-refractivity contribution in [1.82, 2.24) is 20.7 Å². The van der Waals surface area contributed by atoms with Crippen molar-refractivity contribution in [3.63, 3.8) is 0 Å². The minimum atomic E-state index is -5.02. The second-order valence-corrected chi connectivity index (χ2v) is 13.1. The number of oxime groups is 1. The van der Waals surface area contributed by atoms with Crippen molar-refractivity contribution < 1.29 is 46.3 Å². The number of aryl methyl sites for hydroxylation is 1. The number of benzene rings is 1. The smallest absolute Gasteiger partial charge is 0.418 e. The summed E-state index contributed by atoms with van der Waals surface area (Å²) in [5.41, 5.74) is 10.6. The third kappa shape index (κ3) is 8.26. The summed E-state index contributed by atoms with van der Waals surface area (Å²) in [5.74, 6) is -2.79. The third-order valence-electron chi connectivity index (χ3n) is 7.06. The van der Waals surface area contributed by atoms with Crippen LogP contribution in [0.25, 0.3) is 0 Å². The maximum absolute atomic E-state index is 13.3. The predicted octanol–water partition coefficient (Wildman–Crippen LogP) is -0.416. The number of β-lactam (4-membered cyclic amide) rings is 1. The molecule has 0 aliphatic carbocycles. The minimum absolute atomic E-state index is 0.0421. The summed E-state index contributed by atoms with van der Waals surface area (Å²) < 4.78 is 41.1. The molecule has 1 aromatic carbocycles. The van der Waals surface area contributed by atoms with Crippen molar-refractivity contribution in [3.05, 3.63) is 40.4 Å². The Labute approximate surface area is 267 Å². The molecule has 2 aliphatic heterocycles. The Kier molecular flexibility index (Phi) is 10.5. The van der Waals surface area contributed by atoms with Gasteiger partial charge in [0, 0.05) is 17.0 Å². The first kappa shape index (κ1) is 34.5. The van der Waals surface area contributed by atoms with E-state index in [0.717, 1.165) is 37.3 Å². The number of rotatable bonds is 13. The summed E-state index contributed by atoms with van der Waals surface area (Å²) >= 11 is 1.02. The zero-order chi connectivity index (χ0) is 33.8. The van der Waals surface area contributed by atoms with Crippen LogP contribution in [0.1, 0.15) is 42.8 Å². The SMILES string of the molecule is Cc1sc(N)nc1/C(=N/O[C@@H](COc1ccc(C(N)=NC2CCCNC2)cc1)C(=O)O)C(=O)N[C@@H]1C(=O)N(OS(=O)(=O)O)C1(C)C. The Hall–Kier alpha value is -4.37. The van der Waals surface area contributed by atoms with Crippen molar-refractivity contribution in [3.8, 4) is 5.75 Å². The number of nitrogen functional groups attached to an aromatic ring is 1. The van der Waals surface area contributed by atoms with E-state index >= 15 is 0 Å². The van der Waals surface area contributed by atoms with Crippen LogP contribution < -0.4 is 26.8 Å². The van der Waals surface area contributed by atoms with Gasteiger partial charge in [-0.2, -0.15) is 13.5 Å². The minimum Gasteiger partial charge on any atom is -0.489 e. The zero-order valence-electron chi connectivity index (χ0n) is 25.0. The first-order valence-corrected chi connectivity index (χ1v) is 16.0. The number of nitrogens with one attached hydrogen (secondary N) is 2. The van der Waals surface area contributed by atoms with Crippen molar-refractivity contribution in [2.75, 3.05) is 25.4 Å². The van der Waals surface area contributed by atoms with Crippen LogP contribution in [0.15, 0.2) is 34.4 Å². The van der Waals surface area contributed by atoms with E-state index in [0.29, 0.717) is 27.1 Å². The van der Waals surface area contributed by atoms with Gasteiger partial charge in [-0.05, 0) is 64.4 Å². The second-order valence-electron chi connectivity index (χ2n) is 10.9. The Bertz CT molecular complexity index is 1640. The highest BCUT2D eigenvalue weighted by Gasteiger charge is 2.58. The van der Waals surface area contributed by atoms with Gasteiger partial charge in [0.2, 0.25) is 0 Å². The summed E-state index contributed by atoms with van der Waals surface area (Å²) in [6, 6.07) is 5.30. The first-order valence-electron chi connectivity index (χ1n) is 13.9. The molecule has 250 valence electrons. The summed E-state index contributed by atoms with van der Waals surface area (Å²) in [4.78, 5) is 52.1. The van der Waals surface area contributed by atoms with Crippen LogP contribution >= 0.6 is 11.3 Å². The number of aromatic nitrogens is 1. The molecule has 20 heteroatoms. The Balaban J connectivity index is 1.46. The highest BCUT2D eigenvalue weighted by molar-refractivity contribution is 7.80. The van der Waals surface area contributed by atoms with Gasteiger partial charge in [-0.15, -0.1) is 15.6 Å². The number of carboxylic acid groups (broad SMARTS) is 1. The van der Waals surface area contributed by atoms with Gasteiger partial charge in [0.25, 0.3) is 17.9 Å². The number of hydrogen-bond acceptors (Lipinski definition) is 14.